The van der Waals surface area contributed by atoms with Crippen molar-refractivity contribution in [2.24, 2.45) is 0 Å². The zero-order valence-electron chi connectivity index (χ0n) is 12.5. The summed E-state index contributed by atoms with van der Waals surface area (Å²) in [6.45, 7) is 7.83. The smallest absolute Gasteiger partial charge is 0.186 e. The van der Waals surface area contributed by atoms with Gasteiger partial charge in [-0.05, 0) is 32.7 Å². The molecule has 1 aliphatic carbocycles. The lowest BCUT2D eigenvalue weighted by Crippen LogP contribution is -2.40. The molecule has 0 spiro atoms. The molecule has 5 heteroatoms. The fraction of sp³-hybridized carbons (Fsp3) is 0.800. The van der Waals surface area contributed by atoms with E-state index >= 15 is 0 Å². The molecule has 0 aromatic carbocycles. The Morgan fingerprint density at radius 3 is 2.95 bits per heavy atom. The molecule has 1 aromatic heterocycles. The molecule has 1 aromatic rings. The van der Waals surface area contributed by atoms with Gasteiger partial charge in [0.25, 0.3) is 0 Å². The maximum Gasteiger partial charge on any atom is 0.186 e. The van der Waals surface area contributed by atoms with E-state index in [9.17, 15) is 0 Å². The van der Waals surface area contributed by atoms with E-state index in [-0.39, 0.29) is 0 Å². The summed E-state index contributed by atoms with van der Waals surface area (Å²) in [5, 5.41) is 4.82. The zero-order valence-corrected chi connectivity index (χ0v) is 14.2. The van der Waals surface area contributed by atoms with Gasteiger partial charge in [0.2, 0.25) is 0 Å². The standard InChI is InChI=1S/C15H25N3S2/c1-3-6-16-9-13-14(12-4-5-12)17-15(20-13)18-7-8-19-10-11(18)2/h11-12,16H,3-10H2,1-2H3. The molecule has 0 bridgehead atoms. The monoisotopic (exact) mass is 311 g/mol. The molecule has 0 amide bonds. The van der Waals surface area contributed by atoms with Gasteiger partial charge in [-0.25, -0.2) is 4.98 Å². The summed E-state index contributed by atoms with van der Waals surface area (Å²) >= 11 is 4.00. The molecule has 1 unspecified atom stereocenters. The van der Waals surface area contributed by atoms with Crippen molar-refractivity contribution < 1.29 is 0 Å². The molecule has 1 N–H and O–H groups in total. The summed E-state index contributed by atoms with van der Waals surface area (Å²) in [5.41, 5.74) is 1.40. The van der Waals surface area contributed by atoms with Gasteiger partial charge in [-0.1, -0.05) is 6.92 Å². The van der Waals surface area contributed by atoms with E-state index in [4.69, 9.17) is 4.98 Å². The van der Waals surface area contributed by atoms with Crippen LogP contribution in [0.5, 0.6) is 0 Å². The topological polar surface area (TPSA) is 28.2 Å². The Morgan fingerprint density at radius 1 is 1.40 bits per heavy atom. The number of aromatic nitrogens is 1. The Labute approximate surface area is 130 Å². The van der Waals surface area contributed by atoms with Crippen LogP contribution >= 0.6 is 23.1 Å². The van der Waals surface area contributed by atoms with Crippen LogP contribution in [0, 0.1) is 0 Å². The second-order valence-electron chi connectivity index (χ2n) is 5.87. The molecular weight excluding hydrogens is 286 g/mol. The van der Waals surface area contributed by atoms with E-state index < -0.39 is 0 Å². The quantitative estimate of drug-likeness (QED) is 0.814. The Balaban J connectivity index is 1.75. The molecular formula is C15H25N3S2. The number of thiazole rings is 1. The van der Waals surface area contributed by atoms with Gasteiger partial charge in [-0.3, -0.25) is 0 Å². The van der Waals surface area contributed by atoms with Crippen LogP contribution in [0.3, 0.4) is 0 Å². The number of anilines is 1. The predicted octanol–water partition coefficient (Wildman–Crippen LogP) is 3.46. The van der Waals surface area contributed by atoms with Gasteiger partial charge in [-0.2, -0.15) is 11.8 Å². The van der Waals surface area contributed by atoms with Crippen molar-refractivity contribution in [2.45, 2.75) is 51.6 Å². The fourth-order valence-electron chi connectivity index (χ4n) is 2.67. The van der Waals surface area contributed by atoms with Gasteiger partial charge in [0.1, 0.15) is 0 Å². The first kappa shape index (κ1) is 14.7. The molecule has 1 aliphatic heterocycles. The van der Waals surface area contributed by atoms with Gasteiger partial charge >= 0.3 is 0 Å². The highest BCUT2D eigenvalue weighted by Crippen LogP contribution is 2.44. The van der Waals surface area contributed by atoms with E-state index in [0.717, 1.165) is 25.6 Å². The molecule has 1 saturated carbocycles. The highest BCUT2D eigenvalue weighted by molar-refractivity contribution is 7.99. The summed E-state index contributed by atoms with van der Waals surface area (Å²) in [7, 11) is 0. The first-order valence-electron chi connectivity index (χ1n) is 7.84. The SMILES string of the molecule is CCCNCc1sc(N2CCSCC2C)nc1C1CC1. The number of hydrogen-bond acceptors (Lipinski definition) is 5. The van der Waals surface area contributed by atoms with Crippen molar-refractivity contribution in [3.05, 3.63) is 10.6 Å². The zero-order chi connectivity index (χ0) is 13.9. The lowest BCUT2D eigenvalue weighted by molar-refractivity contribution is 0.675. The predicted molar refractivity (Wildman–Crippen MR) is 90.2 cm³/mol. The molecule has 2 heterocycles. The van der Waals surface area contributed by atoms with Crippen molar-refractivity contribution >= 4 is 28.2 Å². The third kappa shape index (κ3) is 3.31. The van der Waals surface area contributed by atoms with Crippen molar-refractivity contribution in [3.63, 3.8) is 0 Å². The van der Waals surface area contributed by atoms with Gasteiger partial charge in [0.05, 0.1) is 5.69 Å². The van der Waals surface area contributed by atoms with E-state index in [1.165, 1.54) is 46.5 Å². The van der Waals surface area contributed by atoms with E-state index in [1.807, 2.05) is 11.3 Å². The molecule has 1 atom stereocenters. The molecule has 112 valence electrons. The number of nitrogens with one attached hydrogen (secondary N) is 1. The van der Waals surface area contributed by atoms with Crippen LogP contribution in [-0.4, -0.2) is 35.6 Å². The Hall–Kier alpha value is -0.260. The number of nitrogens with zero attached hydrogens (tertiary/aromatic N) is 2. The summed E-state index contributed by atoms with van der Waals surface area (Å²) in [6.07, 6.45) is 3.88. The highest BCUT2D eigenvalue weighted by Gasteiger charge is 2.31. The number of thioether (sulfide) groups is 1. The second-order valence-corrected chi connectivity index (χ2v) is 8.09. The number of hydrogen-bond donors (Lipinski definition) is 1. The molecule has 2 fully saturated rings. The molecule has 0 radical (unpaired) electrons. The van der Waals surface area contributed by atoms with Crippen molar-refractivity contribution in [3.8, 4) is 0 Å². The van der Waals surface area contributed by atoms with Crippen molar-refractivity contribution in [1.29, 1.82) is 0 Å². The van der Waals surface area contributed by atoms with Gasteiger partial charge < -0.3 is 10.2 Å². The second kappa shape index (κ2) is 6.67. The molecule has 1 saturated heterocycles. The van der Waals surface area contributed by atoms with Crippen LogP contribution in [0.25, 0.3) is 0 Å². The highest BCUT2D eigenvalue weighted by atomic mass is 32.2. The Bertz CT molecular complexity index is 442. The van der Waals surface area contributed by atoms with Crippen LogP contribution in [0.15, 0.2) is 0 Å². The summed E-state index contributed by atoms with van der Waals surface area (Å²) in [4.78, 5) is 9.03. The minimum Gasteiger partial charge on any atom is -0.344 e. The minimum absolute atomic E-state index is 0.628. The van der Waals surface area contributed by atoms with Gasteiger partial charge in [-0.15, -0.1) is 11.3 Å². The number of rotatable bonds is 6. The normalized spacial score (nSPS) is 23.3. The fourth-order valence-corrected chi connectivity index (χ4v) is 4.92. The van der Waals surface area contributed by atoms with Crippen LogP contribution in [0.4, 0.5) is 5.13 Å². The van der Waals surface area contributed by atoms with Crippen LogP contribution in [-0.2, 0) is 6.54 Å². The maximum atomic E-state index is 5.02. The molecule has 20 heavy (non-hydrogen) atoms. The first-order chi connectivity index (χ1) is 9.79. The largest absolute Gasteiger partial charge is 0.344 e. The minimum atomic E-state index is 0.628. The van der Waals surface area contributed by atoms with E-state index in [0.29, 0.717) is 6.04 Å². The molecule has 3 nitrogen and oxygen atoms in total. The average Bonchev–Trinajstić information content (AvgIpc) is 3.21. The Kier molecular flexibility index (Phi) is 4.89. The Morgan fingerprint density at radius 2 is 2.25 bits per heavy atom. The van der Waals surface area contributed by atoms with E-state index in [1.54, 1.807) is 0 Å². The van der Waals surface area contributed by atoms with Crippen LogP contribution in [0.2, 0.25) is 0 Å². The summed E-state index contributed by atoms with van der Waals surface area (Å²) < 4.78 is 0. The van der Waals surface area contributed by atoms with E-state index in [2.05, 4.69) is 35.8 Å². The average molecular weight is 312 g/mol. The van der Waals surface area contributed by atoms with Crippen LogP contribution < -0.4 is 10.2 Å². The lowest BCUT2D eigenvalue weighted by Gasteiger charge is -2.32. The maximum absolute atomic E-state index is 5.02. The lowest BCUT2D eigenvalue weighted by atomic mass is 10.2. The third-order valence-electron chi connectivity index (χ3n) is 4.01. The summed E-state index contributed by atoms with van der Waals surface area (Å²) in [5.74, 6) is 3.24. The van der Waals surface area contributed by atoms with Crippen molar-refractivity contribution in [2.75, 3.05) is 29.5 Å². The van der Waals surface area contributed by atoms with Gasteiger partial charge in [0.15, 0.2) is 5.13 Å². The van der Waals surface area contributed by atoms with Gasteiger partial charge in [0, 0.05) is 41.4 Å². The van der Waals surface area contributed by atoms with Crippen molar-refractivity contribution in [1.82, 2.24) is 10.3 Å². The van der Waals surface area contributed by atoms with Crippen LogP contribution in [0.1, 0.15) is 49.6 Å². The summed E-state index contributed by atoms with van der Waals surface area (Å²) in [6, 6.07) is 0.628. The first-order valence-corrected chi connectivity index (χ1v) is 9.81. The molecule has 3 rings (SSSR count). The molecule has 2 aliphatic rings. The third-order valence-corrected chi connectivity index (χ3v) is 6.30.